The zero-order chi connectivity index (χ0) is 17.1. The van der Waals surface area contributed by atoms with Gasteiger partial charge in [0.2, 0.25) is 0 Å². The Morgan fingerprint density at radius 2 is 1.92 bits per heavy atom. The standard InChI is InChI=1S/C18H19FN2O2S/c19-14-5-3-12(4-6-14)16(22)13-7-10-21(11-8-13)18(23)15-2-1-9-20-17(15)24/h1-6,9,13,16,22H,7-8,10-11H2,(H,20,24). The van der Waals surface area contributed by atoms with Crippen LogP contribution in [0.2, 0.25) is 0 Å². The maximum absolute atomic E-state index is 13.0. The van der Waals surface area contributed by atoms with Crippen molar-refractivity contribution in [3.63, 3.8) is 0 Å². The summed E-state index contributed by atoms with van der Waals surface area (Å²) >= 11 is 5.16. The number of nitrogens with one attached hydrogen (secondary N) is 1. The molecule has 0 spiro atoms. The molecule has 2 aromatic rings. The molecular weight excluding hydrogens is 327 g/mol. The van der Waals surface area contributed by atoms with Crippen LogP contribution in [0.4, 0.5) is 4.39 Å². The van der Waals surface area contributed by atoms with Gasteiger partial charge in [0.15, 0.2) is 0 Å². The molecule has 6 heteroatoms. The second-order valence-corrected chi connectivity index (χ2v) is 6.45. The van der Waals surface area contributed by atoms with Gasteiger partial charge in [-0.3, -0.25) is 4.79 Å². The third-order valence-electron chi connectivity index (χ3n) is 4.53. The van der Waals surface area contributed by atoms with Gasteiger partial charge in [-0.2, -0.15) is 0 Å². The first-order valence-corrected chi connectivity index (χ1v) is 8.37. The monoisotopic (exact) mass is 346 g/mol. The molecule has 1 atom stereocenters. The normalized spacial score (nSPS) is 16.8. The lowest BCUT2D eigenvalue weighted by molar-refractivity contribution is 0.0461. The van der Waals surface area contributed by atoms with Gasteiger partial charge < -0.3 is 15.0 Å². The number of carbonyl (C=O) groups is 1. The van der Waals surface area contributed by atoms with Crippen molar-refractivity contribution in [1.82, 2.24) is 9.88 Å². The van der Waals surface area contributed by atoms with Gasteiger partial charge >= 0.3 is 0 Å². The molecule has 1 aliphatic heterocycles. The van der Waals surface area contributed by atoms with Crippen LogP contribution in [0.3, 0.4) is 0 Å². The fourth-order valence-electron chi connectivity index (χ4n) is 3.11. The van der Waals surface area contributed by atoms with Crippen molar-refractivity contribution in [3.05, 3.63) is 64.2 Å². The number of aliphatic hydroxyl groups excluding tert-OH is 1. The summed E-state index contributed by atoms with van der Waals surface area (Å²) < 4.78 is 13.4. The molecule has 24 heavy (non-hydrogen) atoms. The molecule has 0 radical (unpaired) electrons. The Morgan fingerprint density at radius 3 is 2.54 bits per heavy atom. The molecule has 2 N–H and O–H groups in total. The number of benzene rings is 1. The minimum absolute atomic E-state index is 0.0600. The highest BCUT2D eigenvalue weighted by molar-refractivity contribution is 7.71. The van der Waals surface area contributed by atoms with Crippen molar-refractivity contribution in [3.8, 4) is 0 Å². The summed E-state index contributed by atoms with van der Waals surface area (Å²) in [7, 11) is 0. The van der Waals surface area contributed by atoms with Gasteiger partial charge in [-0.1, -0.05) is 24.4 Å². The molecule has 1 unspecified atom stereocenters. The summed E-state index contributed by atoms with van der Waals surface area (Å²) in [6, 6.07) is 9.42. The molecule has 1 aromatic carbocycles. The second-order valence-electron chi connectivity index (χ2n) is 6.04. The first-order valence-electron chi connectivity index (χ1n) is 7.97. The lowest BCUT2D eigenvalue weighted by Gasteiger charge is -2.34. The van der Waals surface area contributed by atoms with E-state index in [9.17, 15) is 14.3 Å². The van der Waals surface area contributed by atoms with Crippen LogP contribution in [0.15, 0.2) is 42.6 Å². The predicted octanol–water partition coefficient (Wildman–Crippen LogP) is 3.47. The number of pyridine rings is 1. The molecule has 3 rings (SSSR count). The number of aromatic amines is 1. The highest BCUT2D eigenvalue weighted by atomic mass is 32.1. The van der Waals surface area contributed by atoms with Gasteiger partial charge in [0.1, 0.15) is 10.5 Å². The molecule has 0 bridgehead atoms. The van der Waals surface area contributed by atoms with Crippen LogP contribution in [0.25, 0.3) is 0 Å². The van der Waals surface area contributed by atoms with E-state index in [4.69, 9.17) is 12.2 Å². The van der Waals surface area contributed by atoms with E-state index in [0.717, 1.165) is 0 Å². The molecular formula is C18H19FN2O2S. The number of carbonyl (C=O) groups excluding carboxylic acids is 1. The minimum atomic E-state index is -0.637. The first-order chi connectivity index (χ1) is 11.6. The maximum Gasteiger partial charge on any atom is 0.256 e. The fourth-order valence-corrected chi connectivity index (χ4v) is 3.33. The zero-order valence-electron chi connectivity index (χ0n) is 13.1. The summed E-state index contributed by atoms with van der Waals surface area (Å²) in [4.78, 5) is 17.2. The Labute approximate surface area is 144 Å². The number of halogens is 1. The fraction of sp³-hybridized carbons (Fsp3) is 0.333. The van der Waals surface area contributed by atoms with E-state index < -0.39 is 6.10 Å². The van der Waals surface area contributed by atoms with E-state index in [1.54, 1.807) is 35.4 Å². The SMILES string of the molecule is O=C(c1ccc[nH]c1=S)N1CCC(C(O)c2ccc(F)cc2)CC1. The van der Waals surface area contributed by atoms with Crippen molar-refractivity contribution < 1.29 is 14.3 Å². The Morgan fingerprint density at radius 1 is 1.25 bits per heavy atom. The number of rotatable bonds is 3. The lowest BCUT2D eigenvalue weighted by atomic mass is 9.87. The smallest absolute Gasteiger partial charge is 0.256 e. The largest absolute Gasteiger partial charge is 0.388 e. The molecule has 126 valence electrons. The molecule has 1 saturated heterocycles. The van der Waals surface area contributed by atoms with Gasteiger partial charge in [-0.05, 0) is 48.6 Å². The van der Waals surface area contributed by atoms with Crippen LogP contribution in [0.1, 0.15) is 34.9 Å². The van der Waals surface area contributed by atoms with Crippen LogP contribution >= 0.6 is 12.2 Å². The van der Waals surface area contributed by atoms with E-state index >= 15 is 0 Å². The summed E-state index contributed by atoms with van der Waals surface area (Å²) in [5.41, 5.74) is 1.22. The number of aliphatic hydroxyl groups is 1. The van der Waals surface area contributed by atoms with Crippen molar-refractivity contribution in [2.45, 2.75) is 18.9 Å². The van der Waals surface area contributed by atoms with Crippen molar-refractivity contribution in [2.75, 3.05) is 13.1 Å². The third-order valence-corrected chi connectivity index (χ3v) is 4.87. The summed E-state index contributed by atoms with van der Waals surface area (Å²) in [5, 5.41) is 10.5. The van der Waals surface area contributed by atoms with Gasteiger partial charge in [0.05, 0.1) is 11.7 Å². The lowest BCUT2D eigenvalue weighted by Crippen LogP contribution is -2.40. The molecule has 1 amide bonds. The number of hydrogen-bond acceptors (Lipinski definition) is 3. The summed E-state index contributed by atoms with van der Waals surface area (Å²) in [5.74, 6) is -0.331. The first kappa shape index (κ1) is 16.8. The van der Waals surface area contributed by atoms with E-state index in [1.807, 2.05) is 0 Å². The van der Waals surface area contributed by atoms with E-state index in [-0.39, 0.29) is 17.6 Å². The topological polar surface area (TPSA) is 56.3 Å². The van der Waals surface area contributed by atoms with Crippen molar-refractivity contribution in [1.29, 1.82) is 0 Å². The van der Waals surface area contributed by atoms with Crippen LogP contribution in [0, 0.1) is 16.4 Å². The van der Waals surface area contributed by atoms with Gasteiger partial charge in [0, 0.05) is 19.3 Å². The highest BCUT2D eigenvalue weighted by Crippen LogP contribution is 2.31. The Bertz CT molecular complexity index is 767. The summed E-state index contributed by atoms with van der Waals surface area (Å²) in [6.07, 6.45) is 2.47. The van der Waals surface area contributed by atoms with Crippen molar-refractivity contribution in [2.24, 2.45) is 5.92 Å². The number of H-pyrrole nitrogens is 1. The van der Waals surface area contributed by atoms with E-state index in [2.05, 4.69) is 4.98 Å². The number of likely N-dealkylation sites (tertiary alicyclic amines) is 1. The number of nitrogens with zero attached hydrogens (tertiary/aromatic N) is 1. The molecule has 1 aliphatic rings. The van der Waals surface area contributed by atoms with Crippen LogP contribution < -0.4 is 0 Å². The third kappa shape index (κ3) is 3.55. The number of amides is 1. The van der Waals surface area contributed by atoms with Crippen molar-refractivity contribution >= 4 is 18.1 Å². The number of aromatic nitrogens is 1. The molecule has 0 aliphatic carbocycles. The van der Waals surface area contributed by atoms with Crippen LogP contribution in [-0.2, 0) is 0 Å². The van der Waals surface area contributed by atoms with Gasteiger partial charge in [-0.15, -0.1) is 0 Å². The second kappa shape index (κ2) is 7.23. The predicted molar refractivity (Wildman–Crippen MR) is 91.6 cm³/mol. The van der Waals surface area contributed by atoms with E-state index in [1.165, 1.54) is 12.1 Å². The average Bonchev–Trinajstić information content (AvgIpc) is 2.62. The van der Waals surface area contributed by atoms with E-state index in [0.29, 0.717) is 41.7 Å². The average molecular weight is 346 g/mol. The number of hydrogen-bond donors (Lipinski definition) is 2. The molecule has 0 saturated carbocycles. The van der Waals surface area contributed by atoms with Crippen LogP contribution in [-0.4, -0.2) is 34.0 Å². The maximum atomic E-state index is 13.0. The van der Waals surface area contributed by atoms with Gasteiger partial charge in [0.25, 0.3) is 5.91 Å². The molecule has 2 heterocycles. The highest BCUT2D eigenvalue weighted by Gasteiger charge is 2.29. The number of piperidine rings is 1. The molecule has 1 aromatic heterocycles. The Balaban J connectivity index is 1.63. The zero-order valence-corrected chi connectivity index (χ0v) is 13.9. The summed E-state index contributed by atoms with van der Waals surface area (Å²) in [6.45, 7) is 1.15. The quantitative estimate of drug-likeness (QED) is 0.837. The Kier molecular flexibility index (Phi) is 5.06. The van der Waals surface area contributed by atoms with Crippen LogP contribution in [0.5, 0.6) is 0 Å². The van der Waals surface area contributed by atoms with Gasteiger partial charge in [-0.25, -0.2) is 4.39 Å². The molecule has 1 fully saturated rings. The Hall–Kier alpha value is -2.05. The minimum Gasteiger partial charge on any atom is -0.388 e. The molecule has 4 nitrogen and oxygen atoms in total.